The first-order chi connectivity index (χ1) is 10.1. The molecule has 0 atom stereocenters. The molecular weight excluding hydrogens is 264 g/mol. The molecule has 1 heterocycles. The third-order valence-corrected chi connectivity index (χ3v) is 3.38. The van der Waals surface area contributed by atoms with Gasteiger partial charge in [-0.3, -0.25) is 9.59 Å². The van der Waals surface area contributed by atoms with Gasteiger partial charge in [0.2, 0.25) is 0 Å². The Hall–Kier alpha value is -2.36. The Morgan fingerprint density at radius 3 is 2.52 bits per heavy atom. The molecule has 0 spiro atoms. The van der Waals surface area contributed by atoms with Gasteiger partial charge in [-0.1, -0.05) is 37.3 Å². The van der Waals surface area contributed by atoms with E-state index in [4.69, 9.17) is 0 Å². The number of hydrogen-bond donors (Lipinski definition) is 1. The minimum Gasteiger partial charge on any atom is -0.348 e. The van der Waals surface area contributed by atoms with Crippen LogP contribution in [0.3, 0.4) is 0 Å². The summed E-state index contributed by atoms with van der Waals surface area (Å²) in [6.45, 7) is 4.93. The van der Waals surface area contributed by atoms with E-state index in [-0.39, 0.29) is 17.0 Å². The fourth-order valence-electron chi connectivity index (χ4n) is 2.22. The molecule has 0 fully saturated rings. The Morgan fingerprint density at radius 1 is 1.14 bits per heavy atom. The summed E-state index contributed by atoms with van der Waals surface area (Å²) in [5.74, 6) is -0.325. The fraction of sp³-hybridized carbons (Fsp3) is 0.294. The SMILES string of the molecule is CCCn1c(C)ccc(C(=O)NCc2ccccc2)c1=O. The average Bonchev–Trinajstić information content (AvgIpc) is 2.50. The number of rotatable bonds is 5. The van der Waals surface area contributed by atoms with E-state index < -0.39 is 0 Å². The Balaban J connectivity index is 2.16. The van der Waals surface area contributed by atoms with Crippen LogP contribution >= 0.6 is 0 Å². The molecule has 1 amide bonds. The Bertz CT molecular complexity index is 675. The molecule has 1 N–H and O–H groups in total. The molecule has 4 heteroatoms. The summed E-state index contributed by atoms with van der Waals surface area (Å²) in [4.78, 5) is 24.5. The van der Waals surface area contributed by atoms with Crippen molar-refractivity contribution in [3.05, 3.63) is 69.6 Å². The second-order valence-electron chi connectivity index (χ2n) is 5.01. The van der Waals surface area contributed by atoms with Crippen LogP contribution in [0, 0.1) is 6.92 Å². The Labute approximate surface area is 124 Å². The molecule has 0 aliphatic carbocycles. The molecule has 0 aliphatic rings. The smallest absolute Gasteiger partial charge is 0.263 e. The number of hydrogen-bond acceptors (Lipinski definition) is 2. The molecule has 0 radical (unpaired) electrons. The predicted octanol–water partition coefficient (Wildman–Crippen LogP) is 2.50. The molecule has 110 valence electrons. The first kappa shape index (κ1) is 15.0. The number of aryl methyl sites for hydroxylation is 1. The van der Waals surface area contributed by atoms with Gasteiger partial charge in [0.15, 0.2) is 0 Å². The van der Waals surface area contributed by atoms with Crippen molar-refractivity contribution in [2.24, 2.45) is 0 Å². The van der Waals surface area contributed by atoms with Gasteiger partial charge >= 0.3 is 0 Å². The highest BCUT2D eigenvalue weighted by Gasteiger charge is 2.13. The summed E-state index contributed by atoms with van der Waals surface area (Å²) in [6.07, 6.45) is 0.857. The van der Waals surface area contributed by atoms with E-state index in [1.165, 1.54) is 0 Å². The van der Waals surface area contributed by atoms with E-state index >= 15 is 0 Å². The lowest BCUT2D eigenvalue weighted by Gasteiger charge is -2.11. The van der Waals surface area contributed by atoms with E-state index in [0.717, 1.165) is 17.7 Å². The molecule has 4 nitrogen and oxygen atoms in total. The molecule has 0 unspecified atom stereocenters. The van der Waals surface area contributed by atoms with Crippen molar-refractivity contribution in [3.8, 4) is 0 Å². The summed E-state index contributed by atoms with van der Waals surface area (Å²) in [7, 11) is 0. The van der Waals surface area contributed by atoms with Crippen molar-refractivity contribution in [2.45, 2.75) is 33.4 Å². The number of carbonyl (C=O) groups excluding carboxylic acids is 1. The number of amides is 1. The van der Waals surface area contributed by atoms with Crippen LogP contribution in [0.5, 0.6) is 0 Å². The second kappa shape index (κ2) is 6.88. The standard InChI is InChI=1S/C17H20N2O2/c1-3-11-19-13(2)9-10-15(17(19)21)16(20)18-12-14-7-5-4-6-8-14/h4-10H,3,11-12H2,1-2H3,(H,18,20). The van der Waals surface area contributed by atoms with Crippen molar-refractivity contribution in [1.82, 2.24) is 9.88 Å². The molecule has 1 aromatic heterocycles. The molecule has 2 aromatic rings. The van der Waals surface area contributed by atoms with Crippen LogP contribution in [0.4, 0.5) is 0 Å². The van der Waals surface area contributed by atoms with Crippen molar-refractivity contribution < 1.29 is 4.79 Å². The first-order valence-corrected chi connectivity index (χ1v) is 7.16. The number of carbonyl (C=O) groups is 1. The highest BCUT2D eigenvalue weighted by atomic mass is 16.2. The molecule has 0 saturated carbocycles. The molecule has 21 heavy (non-hydrogen) atoms. The summed E-state index contributed by atoms with van der Waals surface area (Å²) in [5, 5.41) is 2.79. The molecular formula is C17H20N2O2. The second-order valence-corrected chi connectivity index (χ2v) is 5.01. The summed E-state index contributed by atoms with van der Waals surface area (Å²) >= 11 is 0. The lowest BCUT2D eigenvalue weighted by molar-refractivity contribution is 0.0948. The zero-order valence-corrected chi connectivity index (χ0v) is 12.4. The van der Waals surface area contributed by atoms with Gasteiger partial charge in [0.25, 0.3) is 11.5 Å². The van der Waals surface area contributed by atoms with Crippen LogP contribution in [0.15, 0.2) is 47.3 Å². The molecule has 0 aliphatic heterocycles. The minimum absolute atomic E-state index is 0.199. The van der Waals surface area contributed by atoms with Crippen LogP contribution in [-0.4, -0.2) is 10.5 Å². The molecule has 0 bridgehead atoms. The molecule has 2 rings (SSSR count). The maximum atomic E-state index is 12.3. The van der Waals surface area contributed by atoms with Crippen molar-refractivity contribution >= 4 is 5.91 Å². The monoisotopic (exact) mass is 284 g/mol. The van der Waals surface area contributed by atoms with E-state index in [1.807, 2.05) is 50.2 Å². The molecule has 1 aromatic carbocycles. The zero-order valence-electron chi connectivity index (χ0n) is 12.4. The van der Waals surface area contributed by atoms with Gasteiger partial charge in [-0.25, -0.2) is 0 Å². The van der Waals surface area contributed by atoms with Crippen LogP contribution in [0.25, 0.3) is 0 Å². The normalized spacial score (nSPS) is 10.4. The van der Waals surface area contributed by atoms with Gasteiger partial charge in [0.1, 0.15) is 5.56 Å². The maximum Gasteiger partial charge on any atom is 0.263 e. The third-order valence-electron chi connectivity index (χ3n) is 3.38. The van der Waals surface area contributed by atoms with E-state index in [0.29, 0.717) is 13.1 Å². The van der Waals surface area contributed by atoms with Gasteiger partial charge in [-0.2, -0.15) is 0 Å². The summed E-state index contributed by atoms with van der Waals surface area (Å²) in [5.41, 5.74) is 1.86. The maximum absolute atomic E-state index is 12.3. The predicted molar refractivity (Wildman–Crippen MR) is 83.3 cm³/mol. The minimum atomic E-state index is -0.325. The van der Waals surface area contributed by atoms with Gasteiger partial charge in [-0.05, 0) is 31.0 Å². The van der Waals surface area contributed by atoms with Crippen LogP contribution in [0.2, 0.25) is 0 Å². The topological polar surface area (TPSA) is 51.1 Å². The quantitative estimate of drug-likeness (QED) is 0.917. The third kappa shape index (κ3) is 3.60. The zero-order chi connectivity index (χ0) is 15.2. The van der Waals surface area contributed by atoms with Crippen molar-refractivity contribution in [3.63, 3.8) is 0 Å². The lowest BCUT2D eigenvalue weighted by atomic mass is 10.2. The number of aromatic nitrogens is 1. The van der Waals surface area contributed by atoms with Crippen LogP contribution in [0.1, 0.15) is 35.0 Å². The fourth-order valence-corrected chi connectivity index (χ4v) is 2.22. The van der Waals surface area contributed by atoms with Crippen molar-refractivity contribution in [2.75, 3.05) is 0 Å². The average molecular weight is 284 g/mol. The largest absolute Gasteiger partial charge is 0.348 e. The summed E-state index contributed by atoms with van der Waals surface area (Å²) in [6, 6.07) is 13.0. The number of nitrogens with one attached hydrogen (secondary N) is 1. The summed E-state index contributed by atoms with van der Waals surface area (Å²) < 4.78 is 1.65. The number of nitrogens with zero attached hydrogens (tertiary/aromatic N) is 1. The van der Waals surface area contributed by atoms with Gasteiger partial charge in [0, 0.05) is 18.8 Å². The highest BCUT2D eigenvalue weighted by Crippen LogP contribution is 2.02. The van der Waals surface area contributed by atoms with E-state index in [1.54, 1.807) is 10.6 Å². The van der Waals surface area contributed by atoms with E-state index in [2.05, 4.69) is 5.32 Å². The lowest BCUT2D eigenvalue weighted by Crippen LogP contribution is -2.33. The van der Waals surface area contributed by atoms with Crippen molar-refractivity contribution in [1.29, 1.82) is 0 Å². The number of pyridine rings is 1. The number of benzene rings is 1. The first-order valence-electron chi connectivity index (χ1n) is 7.16. The van der Waals surface area contributed by atoms with Gasteiger partial charge in [0.05, 0.1) is 0 Å². The Morgan fingerprint density at radius 2 is 1.86 bits per heavy atom. The van der Waals surface area contributed by atoms with Crippen LogP contribution < -0.4 is 10.9 Å². The van der Waals surface area contributed by atoms with Gasteiger partial charge in [-0.15, -0.1) is 0 Å². The van der Waals surface area contributed by atoms with E-state index in [9.17, 15) is 9.59 Å². The van der Waals surface area contributed by atoms with Crippen LogP contribution in [-0.2, 0) is 13.1 Å². The Kier molecular flexibility index (Phi) is 4.93. The van der Waals surface area contributed by atoms with Gasteiger partial charge < -0.3 is 9.88 Å². The highest BCUT2D eigenvalue weighted by molar-refractivity contribution is 5.93. The molecule has 0 saturated heterocycles.